The van der Waals surface area contributed by atoms with E-state index < -0.39 is 12.1 Å². The van der Waals surface area contributed by atoms with E-state index in [2.05, 4.69) is 43.5 Å². The van der Waals surface area contributed by atoms with Crippen molar-refractivity contribution in [2.24, 2.45) is 0 Å². The lowest BCUT2D eigenvalue weighted by atomic mass is 10.0. The van der Waals surface area contributed by atoms with Gasteiger partial charge in [-0.25, -0.2) is 0 Å². The molecular formula is C69H133NO5. The fourth-order valence-electron chi connectivity index (χ4n) is 10.8. The normalized spacial score (nSPS) is 12.6. The standard InChI is InChI=1S/C69H133NO5/c1-3-5-7-9-11-13-15-17-18-19-20-21-22-23-25-28-31-34-38-41-45-49-53-57-61-67(72)66(65-71)70-68(73)62-58-54-50-46-42-39-35-32-29-26-24-27-30-33-36-40-44-48-52-56-60-64-75-69(74)63-59-55-51-47-43-37-16-14-12-10-8-6-4-2/h8,10,14,16,66-67,71-72H,3-7,9,11-13,15,17-65H2,1-2H3,(H,70,73)/b10-8-,16-14-. The van der Waals surface area contributed by atoms with Gasteiger partial charge in [-0.3, -0.25) is 9.59 Å². The van der Waals surface area contributed by atoms with Crippen molar-refractivity contribution >= 4 is 11.9 Å². The SMILES string of the molecule is CCC/C=C\C/C=C\CCCCCCCC(=O)OCCCCCCCCCCCCCCCCCCCCCCCC(=O)NC(CO)C(O)CCCCCCCCCCCCCCCCCCCCCCCCCC. The van der Waals surface area contributed by atoms with Crippen molar-refractivity contribution in [1.82, 2.24) is 5.32 Å². The minimum absolute atomic E-state index is 0.00247. The van der Waals surface area contributed by atoms with Gasteiger partial charge in [0, 0.05) is 12.8 Å². The molecule has 0 saturated carbocycles. The smallest absolute Gasteiger partial charge is 0.305 e. The molecule has 2 atom stereocenters. The van der Waals surface area contributed by atoms with Gasteiger partial charge in [-0.1, -0.05) is 340 Å². The van der Waals surface area contributed by atoms with Crippen LogP contribution < -0.4 is 5.32 Å². The molecule has 0 aliphatic rings. The van der Waals surface area contributed by atoms with Gasteiger partial charge in [0.05, 0.1) is 25.4 Å². The van der Waals surface area contributed by atoms with Crippen LogP contribution in [0.2, 0.25) is 0 Å². The highest BCUT2D eigenvalue weighted by atomic mass is 16.5. The van der Waals surface area contributed by atoms with Gasteiger partial charge in [-0.05, 0) is 51.4 Å². The molecule has 0 saturated heterocycles. The molecule has 0 spiro atoms. The number of carbonyl (C=O) groups excluding carboxylic acids is 2. The van der Waals surface area contributed by atoms with Gasteiger partial charge in [0.2, 0.25) is 5.91 Å². The summed E-state index contributed by atoms with van der Waals surface area (Å²) in [5.41, 5.74) is 0. The lowest BCUT2D eigenvalue weighted by Gasteiger charge is -2.22. The zero-order valence-corrected chi connectivity index (χ0v) is 50.8. The first-order chi connectivity index (χ1) is 37.0. The number of hydrogen-bond donors (Lipinski definition) is 3. The molecule has 444 valence electrons. The molecule has 0 aromatic rings. The molecule has 0 aliphatic carbocycles. The van der Waals surface area contributed by atoms with Crippen LogP contribution in [0.1, 0.15) is 380 Å². The summed E-state index contributed by atoms with van der Waals surface area (Å²) in [5.74, 6) is -0.0341. The summed E-state index contributed by atoms with van der Waals surface area (Å²) in [7, 11) is 0. The number of aliphatic hydroxyl groups is 2. The quantitative estimate of drug-likeness (QED) is 0.0320. The average Bonchev–Trinajstić information content (AvgIpc) is 3.41. The van der Waals surface area contributed by atoms with E-state index in [1.54, 1.807) is 0 Å². The Balaban J connectivity index is 3.39. The summed E-state index contributed by atoms with van der Waals surface area (Å²) < 4.78 is 5.47. The maximum atomic E-state index is 12.5. The van der Waals surface area contributed by atoms with Crippen molar-refractivity contribution in [3.63, 3.8) is 0 Å². The first kappa shape index (κ1) is 73.3. The number of allylic oxidation sites excluding steroid dienone is 4. The Morgan fingerprint density at radius 2 is 0.693 bits per heavy atom. The zero-order valence-electron chi connectivity index (χ0n) is 50.8. The number of esters is 1. The predicted molar refractivity (Wildman–Crippen MR) is 329 cm³/mol. The van der Waals surface area contributed by atoms with Crippen LogP contribution in [0, 0.1) is 0 Å². The highest BCUT2D eigenvalue weighted by Gasteiger charge is 2.20. The largest absolute Gasteiger partial charge is 0.466 e. The second-order valence-electron chi connectivity index (χ2n) is 23.5. The van der Waals surface area contributed by atoms with Crippen LogP contribution >= 0.6 is 0 Å². The average molecular weight is 1060 g/mol. The van der Waals surface area contributed by atoms with Crippen LogP contribution in [0.5, 0.6) is 0 Å². The van der Waals surface area contributed by atoms with Crippen LogP contribution in [0.15, 0.2) is 24.3 Å². The Kier molecular flexibility index (Phi) is 63.4. The third-order valence-electron chi connectivity index (χ3n) is 16.0. The Labute approximate surface area is 469 Å². The highest BCUT2D eigenvalue weighted by molar-refractivity contribution is 5.76. The molecule has 1 amide bonds. The van der Waals surface area contributed by atoms with Crippen molar-refractivity contribution in [3.05, 3.63) is 24.3 Å². The van der Waals surface area contributed by atoms with Gasteiger partial charge in [-0.2, -0.15) is 0 Å². The van der Waals surface area contributed by atoms with Crippen LogP contribution in [-0.2, 0) is 14.3 Å². The molecule has 6 nitrogen and oxygen atoms in total. The maximum absolute atomic E-state index is 12.5. The summed E-state index contributed by atoms with van der Waals surface area (Å²) in [6.45, 7) is 4.91. The molecular weight excluding hydrogens is 923 g/mol. The highest BCUT2D eigenvalue weighted by Crippen LogP contribution is 2.19. The van der Waals surface area contributed by atoms with E-state index in [0.717, 1.165) is 51.4 Å². The minimum Gasteiger partial charge on any atom is -0.466 e. The van der Waals surface area contributed by atoms with E-state index in [4.69, 9.17) is 4.74 Å². The number of rotatable bonds is 64. The summed E-state index contributed by atoms with van der Waals surface area (Å²) in [4.78, 5) is 24.6. The molecule has 0 heterocycles. The Bertz CT molecular complexity index is 1170. The van der Waals surface area contributed by atoms with Crippen molar-refractivity contribution in [3.8, 4) is 0 Å². The minimum atomic E-state index is -0.667. The van der Waals surface area contributed by atoms with Gasteiger partial charge in [-0.15, -0.1) is 0 Å². The van der Waals surface area contributed by atoms with Crippen molar-refractivity contribution in [2.75, 3.05) is 13.2 Å². The van der Waals surface area contributed by atoms with E-state index in [1.165, 1.54) is 295 Å². The third kappa shape index (κ3) is 61.4. The first-order valence-corrected chi connectivity index (χ1v) is 34.1. The maximum Gasteiger partial charge on any atom is 0.305 e. The van der Waals surface area contributed by atoms with E-state index in [9.17, 15) is 19.8 Å². The Morgan fingerprint density at radius 3 is 1.07 bits per heavy atom. The Morgan fingerprint density at radius 1 is 0.373 bits per heavy atom. The lowest BCUT2D eigenvalue weighted by molar-refractivity contribution is -0.143. The molecule has 6 heteroatoms. The van der Waals surface area contributed by atoms with Crippen molar-refractivity contribution in [2.45, 2.75) is 392 Å². The molecule has 0 radical (unpaired) electrons. The number of unbranched alkanes of at least 4 members (excludes halogenated alkanes) is 49. The molecule has 0 bridgehead atoms. The lowest BCUT2D eigenvalue weighted by Crippen LogP contribution is -2.45. The summed E-state index contributed by atoms with van der Waals surface area (Å²) in [6, 6.07) is -0.544. The third-order valence-corrected chi connectivity index (χ3v) is 16.0. The van der Waals surface area contributed by atoms with Gasteiger partial charge < -0.3 is 20.3 Å². The first-order valence-electron chi connectivity index (χ1n) is 34.1. The number of carbonyl (C=O) groups is 2. The molecule has 0 fully saturated rings. The predicted octanol–water partition coefficient (Wildman–Crippen LogP) is 21.8. The van der Waals surface area contributed by atoms with Gasteiger partial charge in [0.15, 0.2) is 0 Å². The second-order valence-corrected chi connectivity index (χ2v) is 23.5. The monoisotopic (exact) mass is 1060 g/mol. The molecule has 2 unspecified atom stereocenters. The van der Waals surface area contributed by atoms with Gasteiger partial charge in [0.25, 0.3) is 0 Å². The molecule has 75 heavy (non-hydrogen) atoms. The fourth-order valence-corrected chi connectivity index (χ4v) is 10.8. The zero-order chi connectivity index (χ0) is 54.3. The van der Waals surface area contributed by atoms with Crippen LogP contribution in [0.25, 0.3) is 0 Å². The van der Waals surface area contributed by atoms with Gasteiger partial charge in [0.1, 0.15) is 0 Å². The molecule has 0 aromatic heterocycles. The second kappa shape index (κ2) is 64.9. The van der Waals surface area contributed by atoms with E-state index in [1.807, 2.05) is 0 Å². The number of amides is 1. The summed E-state index contributed by atoms with van der Waals surface area (Å²) in [6.07, 6.45) is 80.7. The van der Waals surface area contributed by atoms with Crippen molar-refractivity contribution < 1.29 is 24.5 Å². The van der Waals surface area contributed by atoms with Crippen molar-refractivity contribution in [1.29, 1.82) is 0 Å². The summed E-state index contributed by atoms with van der Waals surface area (Å²) in [5, 5.41) is 23.4. The number of ether oxygens (including phenoxy) is 1. The van der Waals surface area contributed by atoms with Crippen LogP contribution in [0.4, 0.5) is 0 Å². The number of nitrogens with one attached hydrogen (secondary N) is 1. The van der Waals surface area contributed by atoms with E-state index >= 15 is 0 Å². The molecule has 0 aromatic carbocycles. The number of hydrogen-bond acceptors (Lipinski definition) is 5. The van der Waals surface area contributed by atoms with Crippen LogP contribution in [-0.4, -0.2) is 47.4 Å². The molecule has 0 aliphatic heterocycles. The van der Waals surface area contributed by atoms with Crippen LogP contribution in [0.3, 0.4) is 0 Å². The Hall–Kier alpha value is -1.66. The van der Waals surface area contributed by atoms with E-state index in [0.29, 0.717) is 25.9 Å². The fraction of sp³-hybridized carbons (Fsp3) is 0.913. The van der Waals surface area contributed by atoms with Gasteiger partial charge >= 0.3 is 5.97 Å². The molecule has 0 rings (SSSR count). The molecule has 3 N–H and O–H groups in total. The van der Waals surface area contributed by atoms with E-state index in [-0.39, 0.29) is 18.5 Å². The number of aliphatic hydroxyl groups excluding tert-OH is 2. The summed E-state index contributed by atoms with van der Waals surface area (Å²) >= 11 is 0. The topological polar surface area (TPSA) is 95.9 Å².